The number of aromatic hydroxyl groups is 2. The van der Waals surface area contributed by atoms with E-state index in [-0.39, 0.29) is 48.6 Å². The third-order valence-corrected chi connectivity index (χ3v) is 23.1. The van der Waals surface area contributed by atoms with E-state index in [0.29, 0.717) is 5.56 Å². The van der Waals surface area contributed by atoms with E-state index in [9.17, 15) is 87.5 Å². The molecule has 0 radical (unpaired) electrons. The van der Waals surface area contributed by atoms with Crippen molar-refractivity contribution in [2.75, 3.05) is 47.6 Å². The van der Waals surface area contributed by atoms with Gasteiger partial charge in [-0.2, -0.15) is 0 Å². The van der Waals surface area contributed by atoms with Crippen LogP contribution in [-0.4, -0.2) is 252 Å². The lowest BCUT2D eigenvalue weighted by Gasteiger charge is -2.30. The summed E-state index contributed by atoms with van der Waals surface area (Å²) in [7, 11) is 4.83. The summed E-state index contributed by atoms with van der Waals surface area (Å²) in [5.41, 5.74) is 10.7. The van der Waals surface area contributed by atoms with Gasteiger partial charge in [0.15, 0.2) is 0 Å². The van der Waals surface area contributed by atoms with Crippen LogP contribution in [0.1, 0.15) is 57.1 Å². The SMILES string of the molecule is C[C@@H]1NC(=O)[C@@H]2CCCN2C(=O)[C@H](CC(N)=O)NC(=O)[C@@H]2CSSC[C@H](N)C(=O)N[C@H]3CSSC[C@H](NC1=O)C(=O)N[C@@H]([C@@H](C)O)C(=O)NCC(=O)N[C@H](C(=O)N[C@]1(Cc4ccc(O)cc4)OC1=O)CSSC[C@H](NC(=O)[C@H](Cc1ccc(O)cc1)NC(=O)[C@H](CCC(=O)O)NC3=O)C(=O)N2. The number of carboxylic acid groups (broad SMARTS) is 1. The molecule has 0 unspecified atom stereocenters. The number of amides is 14. The number of nitrogens with two attached hydrogens (primary N) is 2. The van der Waals surface area contributed by atoms with Crippen molar-refractivity contribution in [2.45, 2.75) is 143 Å². The molecule has 5 aliphatic heterocycles. The first kappa shape index (κ1) is 79.9. The maximum atomic E-state index is 15.1. The zero-order valence-corrected chi connectivity index (χ0v) is 58.9. The van der Waals surface area contributed by atoms with E-state index in [1.54, 1.807) is 0 Å². The molecule has 550 valence electrons. The van der Waals surface area contributed by atoms with Crippen molar-refractivity contribution in [3.8, 4) is 11.5 Å². The lowest BCUT2D eigenvalue weighted by atomic mass is 10.0. The van der Waals surface area contributed by atoms with Crippen molar-refractivity contribution in [3.63, 3.8) is 0 Å². The van der Waals surface area contributed by atoms with Gasteiger partial charge in [0.25, 0.3) is 5.72 Å². The number of carbonyl (C=O) groups is 16. The highest BCUT2D eigenvalue weighted by Crippen LogP contribution is 2.33. The van der Waals surface area contributed by atoms with Crippen molar-refractivity contribution in [1.82, 2.24) is 68.7 Å². The molecular weight excluding hydrogens is 1450 g/mol. The van der Waals surface area contributed by atoms with Gasteiger partial charge in [-0.15, -0.1) is 0 Å². The van der Waals surface area contributed by atoms with Crippen molar-refractivity contribution in [3.05, 3.63) is 59.7 Å². The number of ether oxygens (including phenoxy) is 1. The van der Waals surface area contributed by atoms with Crippen LogP contribution in [0.15, 0.2) is 48.5 Å². The van der Waals surface area contributed by atoms with Crippen molar-refractivity contribution < 1.29 is 102 Å². The van der Waals surface area contributed by atoms with E-state index in [2.05, 4.69) is 63.8 Å². The molecule has 14 amide bonds. The van der Waals surface area contributed by atoms with E-state index >= 15 is 9.59 Å². The van der Waals surface area contributed by atoms with Gasteiger partial charge in [0.05, 0.1) is 25.1 Å². The fourth-order valence-electron chi connectivity index (χ4n) is 10.3. The highest BCUT2D eigenvalue weighted by atomic mass is 33.1. The zero-order chi connectivity index (χ0) is 73.8. The third-order valence-electron chi connectivity index (χ3n) is 15.8. The van der Waals surface area contributed by atoms with Gasteiger partial charge in [-0.3, -0.25) is 71.9 Å². The number of aliphatic carboxylic acids is 1. The monoisotopic (exact) mass is 1520 g/mol. The van der Waals surface area contributed by atoms with E-state index < -0.39 is 240 Å². The number of cyclic esters (lactones) is 1. The number of carboxylic acids is 1. The number of benzene rings is 2. The Hall–Kier alpha value is -8.42. The quantitative estimate of drug-likeness (QED) is 0.0534. The normalized spacial score (nSPS) is 29.0. The standard InChI is InChI=1S/C59H77N15O21S6/c1-26-46(82)68-39-24-100-98-21-36-50(86)65-33(13-14-44(80)81)48(84)66-34(16-28-5-9-30(76)10-6-28)49(85)70-38(52(88)71-37(22-97-96-20-32(60)47(83)69-36)51(87)67-35(17-42(61)78)57(93)74-15-3-4-41(74)55(91)63-26)23-99-101-25-40(64-43(79)19-62-56(92)45(27(2)75)72-53(39)89)54(90)73-59(58(94)95-59)18-29-7-11-31(77)12-8-29/h5-12,26-27,32-41,45,75-77H,3-4,13-25,60H2,1-2H3,(H2,61,78)(H,62,92)(H,63,91)(H,64,79)(H,65,86)(H,66,84)(H,67,87)(H,68,82)(H,69,83)(H,70,85)(H,71,88)(H,72,89)(H,73,90)(H,80,81)/t26-,27+,32-,33-,34-,35-,36-,37-,38-,39-,40-,41-,45-,59+/m0/s1. The maximum absolute atomic E-state index is 15.1. The maximum Gasteiger partial charge on any atom is 0.375 e. The minimum atomic E-state index is -1.98. The topological polar surface area (TPSA) is 566 Å². The number of hydrogen-bond donors (Lipinski definition) is 18. The van der Waals surface area contributed by atoms with Crippen molar-refractivity contribution >= 4 is 159 Å². The second-order valence-electron chi connectivity index (χ2n) is 23.7. The van der Waals surface area contributed by atoms with Crippen LogP contribution in [0, 0.1) is 0 Å². The Balaban J connectivity index is 1.39. The van der Waals surface area contributed by atoms with Gasteiger partial charge in [0.2, 0.25) is 82.7 Å². The van der Waals surface area contributed by atoms with Crippen LogP contribution in [0.3, 0.4) is 0 Å². The molecule has 5 heterocycles. The summed E-state index contributed by atoms with van der Waals surface area (Å²) in [5.74, 6) is -20.7. The van der Waals surface area contributed by atoms with Gasteiger partial charge in [0, 0.05) is 60.3 Å². The summed E-state index contributed by atoms with van der Waals surface area (Å²) in [5, 5.41) is 70.5. The Bertz CT molecular complexity index is 3480. The molecule has 0 spiro atoms. The first-order chi connectivity index (χ1) is 47.9. The second-order valence-corrected chi connectivity index (χ2v) is 31.4. The predicted molar refractivity (Wildman–Crippen MR) is 368 cm³/mol. The van der Waals surface area contributed by atoms with Gasteiger partial charge < -0.3 is 105 Å². The minimum Gasteiger partial charge on any atom is -0.508 e. The predicted octanol–water partition coefficient (Wildman–Crippen LogP) is -6.14. The molecule has 36 nitrogen and oxygen atoms in total. The van der Waals surface area contributed by atoms with Gasteiger partial charge >= 0.3 is 11.9 Å². The summed E-state index contributed by atoms with van der Waals surface area (Å²) < 4.78 is 5.27. The van der Waals surface area contributed by atoms with Gasteiger partial charge in [0.1, 0.15) is 78.0 Å². The summed E-state index contributed by atoms with van der Waals surface area (Å²) in [6, 6.07) is -9.62. The van der Waals surface area contributed by atoms with E-state index in [4.69, 9.17) is 16.2 Å². The van der Waals surface area contributed by atoms with E-state index in [1.165, 1.54) is 55.5 Å². The molecule has 5 saturated heterocycles. The molecule has 0 aromatic heterocycles. The number of fused-ring (bicyclic) bond motifs is 20. The number of epoxide rings is 1. The van der Waals surface area contributed by atoms with Crippen LogP contribution in [-0.2, 0) is 94.3 Å². The molecule has 2 aromatic carbocycles. The minimum absolute atomic E-state index is 0.00393. The molecule has 0 aliphatic carbocycles. The van der Waals surface area contributed by atoms with Crippen LogP contribution >= 0.6 is 64.8 Å². The first-order valence-corrected chi connectivity index (χ1v) is 38.8. The Labute approximate surface area is 599 Å². The Kier molecular flexibility index (Phi) is 29.7. The average Bonchev–Trinajstić information content (AvgIpc) is 1.60. The number of phenolic OH excluding ortho intramolecular Hbond substituents is 2. The molecule has 5 aliphatic rings. The molecule has 5 fully saturated rings. The Morgan fingerprint density at radius 3 is 1.64 bits per heavy atom. The Morgan fingerprint density at radius 1 is 0.604 bits per heavy atom. The molecule has 4 bridgehead atoms. The van der Waals surface area contributed by atoms with E-state index in [1.807, 2.05) is 0 Å². The average molecular weight is 1520 g/mol. The van der Waals surface area contributed by atoms with Crippen molar-refractivity contribution in [1.29, 1.82) is 0 Å². The smallest absolute Gasteiger partial charge is 0.375 e. The third kappa shape index (κ3) is 23.8. The number of rotatable bonds is 12. The van der Waals surface area contributed by atoms with Crippen molar-refractivity contribution in [2.24, 2.45) is 11.5 Å². The number of aliphatic hydroxyl groups excluding tert-OH is 1. The number of nitrogens with zero attached hydrogens (tertiary/aromatic N) is 1. The highest BCUT2D eigenvalue weighted by Gasteiger charge is 2.60. The molecule has 20 N–H and O–H groups in total. The van der Waals surface area contributed by atoms with E-state index in [0.717, 1.165) is 76.6 Å². The number of aliphatic hydroxyl groups is 1. The number of phenols is 2. The van der Waals surface area contributed by atoms with Gasteiger partial charge in [-0.1, -0.05) is 89.0 Å². The zero-order valence-electron chi connectivity index (χ0n) is 54.0. The van der Waals surface area contributed by atoms with Crippen LogP contribution < -0.4 is 75.3 Å². The molecule has 7 rings (SSSR count). The lowest BCUT2D eigenvalue weighted by molar-refractivity contribution is -0.143. The van der Waals surface area contributed by atoms with Crippen LogP contribution in [0.4, 0.5) is 0 Å². The fourth-order valence-corrected chi connectivity index (χ4v) is 17.2. The summed E-state index contributed by atoms with van der Waals surface area (Å²) in [6.07, 6.45) is -4.58. The molecule has 14 atom stereocenters. The van der Waals surface area contributed by atoms with Gasteiger partial charge in [-0.05, 0) is 68.5 Å². The first-order valence-electron chi connectivity index (χ1n) is 31.3. The Morgan fingerprint density at radius 2 is 1.09 bits per heavy atom. The summed E-state index contributed by atoms with van der Waals surface area (Å²) >= 11 is 0. The second kappa shape index (κ2) is 37.5. The number of nitrogens with one attached hydrogen (secondary N) is 12. The molecule has 2 aromatic rings. The number of hydrogen-bond acceptors (Lipinski definition) is 27. The molecular formula is C59H77N15O21S6. The number of primary amides is 1. The summed E-state index contributed by atoms with van der Waals surface area (Å²) in [4.78, 5) is 227. The molecule has 42 heteroatoms. The molecule has 0 saturated carbocycles. The largest absolute Gasteiger partial charge is 0.508 e. The fraction of sp³-hybridized carbons (Fsp3) is 0.525. The highest BCUT2D eigenvalue weighted by molar-refractivity contribution is 8.77. The summed E-state index contributed by atoms with van der Waals surface area (Å²) in [6.45, 7) is 1.23. The van der Waals surface area contributed by atoms with Crippen LogP contribution in [0.2, 0.25) is 0 Å². The number of carbonyl (C=O) groups excluding carboxylic acids is 15. The van der Waals surface area contributed by atoms with Crippen LogP contribution in [0.5, 0.6) is 11.5 Å². The van der Waals surface area contributed by atoms with Gasteiger partial charge in [-0.25, -0.2) is 4.79 Å². The van der Waals surface area contributed by atoms with Crippen LogP contribution in [0.25, 0.3) is 0 Å². The molecule has 101 heavy (non-hydrogen) atoms. The lowest BCUT2D eigenvalue weighted by Crippen LogP contribution is -2.61.